The zero-order valence-corrected chi connectivity index (χ0v) is 21.3. The summed E-state index contributed by atoms with van der Waals surface area (Å²) in [6.07, 6.45) is 6.03. The van der Waals surface area contributed by atoms with Crippen molar-refractivity contribution in [2.75, 3.05) is 6.54 Å². The van der Waals surface area contributed by atoms with E-state index >= 15 is 0 Å². The van der Waals surface area contributed by atoms with E-state index in [0.29, 0.717) is 6.42 Å². The van der Waals surface area contributed by atoms with Crippen LogP contribution >= 0.6 is 0 Å². The third kappa shape index (κ3) is 5.54. The summed E-state index contributed by atoms with van der Waals surface area (Å²) in [5.41, 5.74) is 3.60. The van der Waals surface area contributed by atoms with Crippen LogP contribution in [0.25, 0.3) is 0 Å². The van der Waals surface area contributed by atoms with Gasteiger partial charge in [0, 0.05) is 12.3 Å². The van der Waals surface area contributed by atoms with Crippen LogP contribution in [0, 0.1) is 18.8 Å². The van der Waals surface area contributed by atoms with Gasteiger partial charge in [-0.25, -0.2) is 4.39 Å². The number of hydrogen-bond donors (Lipinski definition) is 2. The fourth-order valence-electron chi connectivity index (χ4n) is 6.04. The summed E-state index contributed by atoms with van der Waals surface area (Å²) in [5.74, 6) is -0.931. The van der Waals surface area contributed by atoms with Crippen LogP contribution in [0.2, 0.25) is 0 Å². The monoisotopic (exact) mass is 485 g/mol. The first kappa shape index (κ1) is 25.6. The molecule has 1 saturated carbocycles. The number of hydrogen-bond acceptors (Lipinski definition) is 3. The minimum Gasteiger partial charge on any atom is -0.347 e. The molecular weight excluding hydrogens is 445 g/mol. The van der Waals surface area contributed by atoms with Crippen LogP contribution in [0.4, 0.5) is 4.39 Å². The molecule has 2 N–H and O–H groups in total. The molecule has 0 aromatic heterocycles. The van der Waals surface area contributed by atoms with Crippen LogP contribution in [0.15, 0.2) is 18.2 Å². The van der Waals surface area contributed by atoms with Crippen molar-refractivity contribution < 1.29 is 18.8 Å². The van der Waals surface area contributed by atoms with E-state index in [1.54, 1.807) is 0 Å². The number of aryl methyl sites for hydroxylation is 1. The lowest BCUT2D eigenvalue weighted by Crippen LogP contribution is -2.57. The molecule has 1 saturated heterocycles. The van der Waals surface area contributed by atoms with Crippen LogP contribution in [0.1, 0.15) is 87.9 Å². The molecule has 0 radical (unpaired) electrons. The van der Waals surface area contributed by atoms with E-state index in [-0.39, 0.29) is 48.6 Å². The number of nitrogens with zero attached hydrogens (tertiary/aromatic N) is 1. The number of rotatable bonds is 7. The highest BCUT2D eigenvalue weighted by Crippen LogP contribution is 2.34. The van der Waals surface area contributed by atoms with E-state index in [4.69, 9.17) is 0 Å². The second kappa shape index (κ2) is 11.1. The van der Waals surface area contributed by atoms with Gasteiger partial charge in [0.2, 0.25) is 17.7 Å². The SMILES string of the molecule is CC[C@@H](C)C(=O)N[C@H](C(=O)N1C[C@H](F)C[C@H]1C(=O)N[C@@H]1CCc2c(C)cccc21)C1CCCCC1. The fourth-order valence-corrected chi connectivity index (χ4v) is 6.04. The maximum absolute atomic E-state index is 14.6. The minimum absolute atomic E-state index is 0.00165. The zero-order valence-electron chi connectivity index (χ0n) is 21.3. The van der Waals surface area contributed by atoms with Gasteiger partial charge >= 0.3 is 0 Å². The predicted octanol–water partition coefficient (Wildman–Crippen LogP) is 4.15. The molecule has 1 aliphatic heterocycles. The lowest BCUT2D eigenvalue weighted by Gasteiger charge is -2.35. The van der Waals surface area contributed by atoms with Gasteiger partial charge in [-0.2, -0.15) is 0 Å². The lowest BCUT2D eigenvalue weighted by molar-refractivity contribution is -0.143. The van der Waals surface area contributed by atoms with E-state index in [9.17, 15) is 18.8 Å². The third-order valence-corrected chi connectivity index (χ3v) is 8.40. The molecule has 3 aliphatic rings. The normalized spacial score (nSPS) is 26.2. The molecule has 4 rings (SSSR count). The van der Waals surface area contributed by atoms with Gasteiger partial charge in [-0.15, -0.1) is 0 Å². The van der Waals surface area contributed by atoms with E-state index in [1.165, 1.54) is 16.0 Å². The van der Waals surface area contributed by atoms with Crippen molar-refractivity contribution in [3.8, 4) is 0 Å². The summed E-state index contributed by atoms with van der Waals surface area (Å²) >= 11 is 0. The van der Waals surface area contributed by atoms with E-state index in [0.717, 1.165) is 50.5 Å². The van der Waals surface area contributed by atoms with Crippen LogP contribution in [-0.2, 0) is 20.8 Å². The van der Waals surface area contributed by atoms with Gasteiger partial charge in [0.05, 0.1) is 12.6 Å². The summed E-state index contributed by atoms with van der Waals surface area (Å²) < 4.78 is 14.6. The summed E-state index contributed by atoms with van der Waals surface area (Å²) in [7, 11) is 0. The van der Waals surface area contributed by atoms with Crippen molar-refractivity contribution in [3.63, 3.8) is 0 Å². The van der Waals surface area contributed by atoms with E-state index in [1.807, 2.05) is 26.0 Å². The Morgan fingerprint density at radius 1 is 1.14 bits per heavy atom. The van der Waals surface area contributed by atoms with Gasteiger partial charge in [-0.1, -0.05) is 51.3 Å². The Hall–Kier alpha value is -2.44. The number of carbonyl (C=O) groups is 3. The molecule has 0 spiro atoms. The van der Waals surface area contributed by atoms with E-state index in [2.05, 4.69) is 23.6 Å². The van der Waals surface area contributed by atoms with Crippen LogP contribution in [0.5, 0.6) is 0 Å². The molecule has 1 heterocycles. The Labute approximate surface area is 208 Å². The summed E-state index contributed by atoms with van der Waals surface area (Å²) in [4.78, 5) is 41.3. The Kier molecular flexibility index (Phi) is 8.12. The van der Waals surface area contributed by atoms with Gasteiger partial charge in [-0.3, -0.25) is 14.4 Å². The molecule has 2 aliphatic carbocycles. The Balaban J connectivity index is 1.51. The number of amides is 3. The smallest absolute Gasteiger partial charge is 0.246 e. The highest BCUT2D eigenvalue weighted by atomic mass is 19.1. The van der Waals surface area contributed by atoms with Gasteiger partial charge in [0.1, 0.15) is 18.3 Å². The Morgan fingerprint density at radius 3 is 2.60 bits per heavy atom. The van der Waals surface area contributed by atoms with Crippen molar-refractivity contribution in [3.05, 3.63) is 34.9 Å². The number of halogens is 1. The molecule has 35 heavy (non-hydrogen) atoms. The minimum atomic E-state index is -1.25. The molecule has 5 atom stereocenters. The van der Waals surface area contributed by atoms with Crippen molar-refractivity contribution in [2.45, 2.75) is 103 Å². The van der Waals surface area contributed by atoms with Crippen LogP contribution in [0.3, 0.4) is 0 Å². The van der Waals surface area contributed by atoms with Gasteiger partial charge in [0.25, 0.3) is 0 Å². The molecule has 3 amide bonds. The van der Waals surface area contributed by atoms with Crippen LogP contribution in [-0.4, -0.2) is 47.4 Å². The zero-order chi connectivity index (χ0) is 25.1. The number of fused-ring (bicyclic) bond motifs is 1. The maximum atomic E-state index is 14.6. The molecule has 0 unspecified atom stereocenters. The molecule has 1 aromatic carbocycles. The van der Waals surface area contributed by atoms with Gasteiger partial charge in [-0.05, 0) is 61.6 Å². The second-order valence-corrected chi connectivity index (χ2v) is 10.8. The second-order valence-electron chi connectivity index (χ2n) is 10.8. The number of likely N-dealkylation sites (tertiary alicyclic amines) is 1. The quantitative estimate of drug-likeness (QED) is 0.609. The van der Waals surface area contributed by atoms with E-state index < -0.39 is 18.3 Å². The Morgan fingerprint density at radius 2 is 1.89 bits per heavy atom. The molecular formula is C28H40FN3O3. The highest BCUT2D eigenvalue weighted by molar-refractivity contribution is 5.93. The average molecular weight is 486 g/mol. The van der Waals surface area contributed by atoms with Crippen molar-refractivity contribution in [2.24, 2.45) is 11.8 Å². The molecule has 1 aromatic rings. The number of carbonyl (C=O) groups excluding carboxylic acids is 3. The van der Waals surface area contributed by atoms with Gasteiger partial charge < -0.3 is 15.5 Å². The molecule has 7 heteroatoms. The van der Waals surface area contributed by atoms with Gasteiger partial charge in [0.15, 0.2) is 0 Å². The van der Waals surface area contributed by atoms with Crippen molar-refractivity contribution >= 4 is 17.7 Å². The number of alkyl halides is 1. The summed E-state index contributed by atoms with van der Waals surface area (Å²) in [5, 5.41) is 6.11. The fraction of sp³-hybridized carbons (Fsp3) is 0.679. The molecule has 0 bridgehead atoms. The first-order valence-corrected chi connectivity index (χ1v) is 13.4. The Bertz CT molecular complexity index is 945. The highest BCUT2D eigenvalue weighted by Gasteiger charge is 2.45. The molecule has 6 nitrogen and oxygen atoms in total. The lowest BCUT2D eigenvalue weighted by atomic mass is 9.83. The largest absolute Gasteiger partial charge is 0.347 e. The van der Waals surface area contributed by atoms with Crippen molar-refractivity contribution in [1.82, 2.24) is 15.5 Å². The third-order valence-electron chi connectivity index (χ3n) is 8.40. The first-order chi connectivity index (χ1) is 16.8. The summed E-state index contributed by atoms with van der Waals surface area (Å²) in [6, 6.07) is 4.44. The first-order valence-electron chi connectivity index (χ1n) is 13.4. The maximum Gasteiger partial charge on any atom is 0.246 e. The number of benzene rings is 1. The predicted molar refractivity (Wildman–Crippen MR) is 133 cm³/mol. The molecule has 2 fully saturated rings. The van der Waals surface area contributed by atoms with Crippen LogP contribution < -0.4 is 10.6 Å². The van der Waals surface area contributed by atoms with Crippen molar-refractivity contribution in [1.29, 1.82) is 0 Å². The summed E-state index contributed by atoms with van der Waals surface area (Å²) in [6.45, 7) is 5.77. The molecule has 192 valence electrons. The number of nitrogens with one attached hydrogen (secondary N) is 2. The topological polar surface area (TPSA) is 78.5 Å². The average Bonchev–Trinajstić information content (AvgIpc) is 3.46. The standard InChI is InChI=1S/C28H40FN3O3/c1-4-17(2)26(33)31-25(19-10-6-5-7-11-19)28(35)32-16-20(29)15-24(32)27(34)30-23-14-13-21-18(3)9-8-12-22(21)23/h8-9,12,17,19-20,23-25H,4-7,10-11,13-16H2,1-3H3,(H,30,34)(H,31,33)/t17-,20-,23-,24+,25+/m1/s1.